The normalized spacial score (nSPS) is 14.2. The molecule has 4 aromatic rings. The van der Waals surface area contributed by atoms with Gasteiger partial charge in [0, 0.05) is 26.2 Å². The van der Waals surface area contributed by atoms with Crippen molar-refractivity contribution in [3.05, 3.63) is 76.8 Å². The van der Waals surface area contributed by atoms with E-state index in [-0.39, 0.29) is 28.2 Å². The zero-order valence-corrected chi connectivity index (χ0v) is 18.3. The minimum atomic E-state index is -0.495. The lowest BCUT2D eigenvalue weighted by Crippen LogP contribution is -2.50. The fraction of sp³-hybridized carbons (Fsp3) is 0.174. The van der Waals surface area contributed by atoms with Crippen LogP contribution < -0.4 is 0 Å². The number of piperazine rings is 1. The number of hydrogen-bond donors (Lipinski definition) is 0. The van der Waals surface area contributed by atoms with E-state index < -0.39 is 5.82 Å². The summed E-state index contributed by atoms with van der Waals surface area (Å²) in [4.78, 5) is 33.4. The lowest BCUT2D eigenvalue weighted by Gasteiger charge is -2.34. The number of rotatable bonds is 3. The zero-order chi connectivity index (χ0) is 22.2. The molecule has 1 fully saturated rings. The fourth-order valence-electron chi connectivity index (χ4n) is 3.65. The van der Waals surface area contributed by atoms with E-state index in [1.165, 1.54) is 23.5 Å². The van der Waals surface area contributed by atoms with Crippen LogP contribution in [0.3, 0.4) is 0 Å². The van der Waals surface area contributed by atoms with Gasteiger partial charge in [-0.2, -0.15) is 0 Å². The van der Waals surface area contributed by atoms with E-state index in [1.54, 1.807) is 21.9 Å². The van der Waals surface area contributed by atoms with E-state index in [2.05, 4.69) is 4.98 Å². The molecule has 0 unspecified atom stereocenters. The Balaban J connectivity index is 1.25. The third-order valence-electron chi connectivity index (χ3n) is 5.34. The number of carbonyl (C=O) groups is 2. The van der Waals surface area contributed by atoms with Gasteiger partial charge in [0.2, 0.25) is 0 Å². The van der Waals surface area contributed by atoms with Gasteiger partial charge >= 0.3 is 0 Å². The summed E-state index contributed by atoms with van der Waals surface area (Å²) in [6.45, 7) is 1.43. The third-order valence-corrected chi connectivity index (χ3v) is 6.70. The number of furan rings is 1. The van der Waals surface area contributed by atoms with Crippen LogP contribution in [0.4, 0.5) is 4.39 Å². The summed E-state index contributed by atoms with van der Waals surface area (Å²) in [7, 11) is 0. The second-order valence-corrected chi connectivity index (χ2v) is 8.80. The Labute approximate surface area is 191 Å². The highest BCUT2D eigenvalue weighted by molar-refractivity contribution is 7.21. The molecule has 1 aliphatic rings. The van der Waals surface area contributed by atoms with Crippen molar-refractivity contribution in [1.29, 1.82) is 0 Å². The van der Waals surface area contributed by atoms with E-state index in [0.29, 0.717) is 31.9 Å². The van der Waals surface area contributed by atoms with E-state index in [1.807, 2.05) is 24.3 Å². The number of carbonyl (C=O) groups excluding carboxylic acids is 2. The number of benzene rings is 2. The molecule has 0 atom stereocenters. The van der Waals surface area contributed by atoms with Crippen LogP contribution in [0.25, 0.3) is 21.0 Å². The van der Waals surface area contributed by atoms with Crippen LogP contribution in [0.5, 0.6) is 0 Å². The van der Waals surface area contributed by atoms with Crippen molar-refractivity contribution in [3.8, 4) is 10.8 Å². The maximum atomic E-state index is 13.3. The molecule has 32 heavy (non-hydrogen) atoms. The maximum Gasteiger partial charge on any atom is 0.289 e. The first-order valence-corrected chi connectivity index (χ1v) is 11.2. The molecule has 0 bridgehead atoms. The van der Waals surface area contributed by atoms with Crippen molar-refractivity contribution in [2.45, 2.75) is 0 Å². The van der Waals surface area contributed by atoms with Crippen molar-refractivity contribution < 1.29 is 18.4 Å². The quantitative estimate of drug-likeness (QED) is 0.426. The molecule has 2 aromatic heterocycles. The summed E-state index contributed by atoms with van der Waals surface area (Å²) in [5.74, 6) is -0.219. The highest BCUT2D eigenvalue weighted by atomic mass is 35.5. The standard InChI is InChI=1S/C23H17ClFN3O3S/c24-16-13-14(25)5-6-15(16)22(29)27-9-11-28(12-10-27)23(30)19-8-7-18(31-19)21-26-17-3-1-2-4-20(17)32-21/h1-8,13H,9-12H2. The van der Waals surface area contributed by atoms with Crippen molar-refractivity contribution in [1.82, 2.24) is 14.8 Å². The highest BCUT2D eigenvalue weighted by Crippen LogP contribution is 2.31. The van der Waals surface area contributed by atoms with Gasteiger partial charge in [0.25, 0.3) is 11.8 Å². The molecule has 3 heterocycles. The first-order valence-electron chi connectivity index (χ1n) is 9.99. The molecule has 0 N–H and O–H groups in total. The van der Waals surface area contributed by atoms with Gasteiger partial charge in [0.15, 0.2) is 16.5 Å². The molecule has 0 saturated carbocycles. The van der Waals surface area contributed by atoms with Crippen LogP contribution in [0, 0.1) is 5.82 Å². The Bertz CT molecular complexity index is 1290. The maximum absolute atomic E-state index is 13.3. The molecule has 6 nitrogen and oxygen atoms in total. The van der Waals surface area contributed by atoms with Crippen molar-refractivity contribution in [2.24, 2.45) is 0 Å². The third kappa shape index (κ3) is 3.87. The van der Waals surface area contributed by atoms with Gasteiger partial charge in [-0.3, -0.25) is 9.59 Å². The minimum Gasteiger partial charge on any atom is -0.448 e. The van der Waals surface area contributed by atoms with E-state index >= 15 is 0 Å². The van der Waals surface area contributed by atoms with Gasteiger partial charge in [-0.1, -0.05) is 23.7 Å². The van der Waals surface area contributed by atoms with E-state index in [0.717, 1.165) is 21.3 Å². The summed E-state index contributed by atoms with van der Waals surface area (Å²) in [6, 6.07) is 14.9. The molecular weight excluding hydrogens is 453 g/mol. The molecule has 2 aromatic carbocycles. The Kier molecular flexibility index (Phi) is 5.40. The monoisotopic (exact) mass is 469 g/mol. The molecule has 0 radical (unpaired) electrons. The van der Waals surface area contributed by atoms with Crippen LogP contribution >= 0.6 is 22.9 Å². The Hall–Kier alpha value is -3.23. The predicted octanol–water partition coefficient (Wildman–Crippen LogP) is 4.95. The minimum absolute atomic E-state index is 0.0754. The van der Waals surface area contributed by atoms with Crippen LogP contribution in [0.1, 0.15) is 20.9 Å². The van der Waals surface area contributed by atoms with Crippen molar-refractivity contribution in [3.63, 3.8) is 0 Å². The van der Waals surface area contributed by atoms with Crippen LogP contribution in [-0.2, 0) is 0 Å². The number of halogens is 2. The average Bonchev–Trinajstić information content (AvgIpc) is 3.45. The van der Waals surface area contributed by atoms with Crippen LogP contribution in [0.2, 0.25) is 5.02 Å². The summed E-state index contributed by atoms with van der Waals surface area (Å²) >= 11 is 7.52. The highest BCUT2D eigenvalue weighted by Gasteiger charge is 2.28. The number of thiazole rings is 1. The molecular formula is C23H17ClFN3O3S. The summed E-state index contributed by atoms with van der Waals surface area (Å²) < 4.78 is 20.1. The molecule has 0 aliphatic carbocycles. The fourth-order valence-corrected chi connectivity index (χ4v) is 4.82. The Morgan fingerprint density at radius 1 is 0.969 bits per heavy atom. The van der Waals surface area contributed by atoms with Crippen molar-refractivity contribution >= 4 is 45.0 Å². The summed E-state index contributed by atoms with van der Waals surface area (Å²) in [6.07, 6.45) is 0. The molecule has 1 saturated heterocycles. The second-order valence-electron chi connectivity index (χ2n) is 7.36. The predicted molar refractivity (Wildman–Crippen MR) is 121 cm³/mol. The summed E-state index contributed by atoms with van der Waals surface area (Å²) in [5, 5.41) is 0.795. The van der Waals surface area contributed by atoms with Gasteiger partial charge in [0.1, 0.15) is 5.82 Å². The topological polar surface area (TPSA) is 66.7 Å². The number of hydrogen-bond acceptors (Lipinski definition) is 5. The smallest absolute Gasteiger partial charge is 0.289 e. The molecule has 1 aliphatic heterocycles. The second kappa shape index (κ2) is 8.37. The lowest BCUT2D eigenvalue weighted by molar-refractivity contribution is 0.0518. The van der Waals surface area contributed by atoms with E-state index in [9.17, 15) is 14.0 Å². The number of aromatic nitrogens is 1. The van der Waals surface area contributed by atoms with Gasteiger partial charge in [-0.25, -0.2) is 9.37 Å². The Morgan fingerprint density at radius 2 is 1.69 bits per heavy atom. The number of para-hydroxylation sites is 1. The summed E-state index contributed by atoms with van der Waals surface area (Å²) in [5.41, 5.74) is 1.14. The zero-order valence-electron chi connectivity index (χ0n) is 16.8. The molecule has 2 amide bonds. The average molecular weight is 470 g/mol. The first kappa shape index (κ1) is 20.7. The molecule has 5 rings (SSSR count). The molecule has 9 heteroatoms. The first-order chi connectivity index (χ1) is 15.5. The largest absolute Gasteiger partial charge is 0.448 e. The Morgan fingerprint density at radius 3 is 2.41 bits per heavy atom. The van der Waals surface area contributed by atoms with Crippen molar-refractivity contribution in [2.75, 3.05) is 26.2 Å². The van der Waals surface area contributed by atoms with E-state index in [4.69, 9.17) is 16.0 Å². The molecule has 162 valence electrons. The van der Waals surface area contributed by atoms with Crippen LogP contribution in [-0.4, -0.2) is 52.8 Å². The van der Waals surface area contributed by atoms with Gasteiger partial charge in [0.05, 0.1) is 20.8 Å². The van der Waals surface area contributed by atoms with Gasteiger partial charge < -0.3 is 14.2 Å². The van der Waals surface area contributed by atoms with Gasteiger partial charge in [-0.15, -0.1) is 11.3 Å². The number of nitrogens with zero attached hydrogens (tertiary/aromatic N) is 3. The number of amides is 2. The van der Waals surface area contributed by atoms with Crippen LogP contribution in [0.15, 0.2) is 59.0 Å². The lowest BCUT2D eigenvalue weighted by atomic mass is 10.1. The van der Waals surface area contributed by atoms with Gasteiger partial charge in [-0.05, 0) is 42.5 Å². The SMILES string of the molecule is O=C(c1ccc(-c2nc3ccccc3s2)o1)N1CCN(C(=O)c2ccc(F)cc2Cl)CC1. The molecule has 0 spiro atoms. The number of fused-ring (bicyclic) bond motifs is 1.